The van der Waals surface area contributed by atoms with Crippen molar-refractivity contribution in [2.24, 2.45) is 0 Å². The van der Waals surface area contributed by atoms with Gasteiger partial charge in [0.25, 0.3) is 5.91 Å². The molecule has 0 aliphatic rings. The Balaban J connectivity index is 1.95. The number of hydrogen-bond donors (Lipinski definition) is 2. The summed E-state index contributed by atoms with van der Waals surface area (Å²) in [6.45, 7) is 7.23. The summed E-state index contributed by atoms with van der Waals surface area (Å²) in [5.41, 5.74) is 5.26. The molecule has 0 saturated heterocycles. The third kappa shape index (κ3) is 5.08. The van der Waals surface area contributed by atoms with E-state index in [0.717, 1.165) is 22.6 Å². The van der Waals surface area contributed by atoms with Crippen LogP contribution in [0.25, 0.3) is 0 Å². The van der Waals surface area contributed by atoms with Crippen molar-refractivity contribution in [3.05, 3.63) is 63.7 Å². The van der Waals surface area contributed by atoms with Gasteiger partial charge in [-0.1, -0.05) is 47.5 Å². The lowest BCUT2D eigenvalue weighted by atomic mass is 10.1. The molecule has 2 rings (SSSR count). The number of amides is 1. The van der Waals surface area contributed by atoms with Gasteiger partial charge in [-0.05, 0) is 38.0 Å². The fraction of sp³-hybridized carbons (Fsp3) is 0.316. The van der Waals surface area contributed by atoms with E-state index in [9.17, 15) is 4.79 Å². The molecular formula is C19H24ClN2O+. The molecule has 4 heteroatoms. The maximum Gasteiger partial charge on any atom is 0.279 e. The largest absolute Gasteiger partial charge is 0.326 e. The zero-order valence-electron chi connectivity index (χ0n) is 14.2. The number of hydrogen-bond acceptors (Lipinski definition) is 1. The maximum atomic E-state index is 12.3. The van der Waals surface area contributed by atoms with Gasteiger partial charge in [0.15, 0.2) is 6.54 Å². The molecule has 0 radical (unpaired) electrons. The molecule has 2 N–H and O–H groups in total. The van der Waals surface area contributed by atoms with Gasteiger partial charge in [0, 0.05) is 5.56 Å². The predicted octanol–water partition coefficient (Wildman–Crippen LogP) is 2.92. The Hall–Kier alpha value is -1.84. The van der Waals surface area contributed by atoms with Crippen molar-refractivity contribution in [3.8, 4) is 0 Å². The first-order chi connectivity index (χ1) is 10.8. The maximum absolute atomic E-state index is 12.3. The number of nitrogens with one attached hydrogen (secondary N) is 2. The van der Waals surface area contributed by atoms with Crippen molar-refractivity contribution in [1.82, 2.24) is 0 Å². The topological polar surface area (TPSA) is 33.5 Å². The second-order valence-electron chi connectivity index (χ2n) is 6.28. The highest BCUT2D eigenvalue weighted by atomic mass is 35.5. The van der Waals surface area contributed by atoms with Crippen LogP contribution >= 0.6 is 11.6 Å². The molecule has 0 bridgehead atoms. The molecule has 2 aromatic rings. The molecule has 0 heterocycles. The van der Waals surface area contributed by atoms with Crippen LogP contribution in [0.2, 0.25) is 5.02 Å². The average molecular weight is 332 g/mol. The minimum Gasteiger partial charge on any atom is -0.326 e. The van der Waals surface area contributed by atoms with Gasteiger partial charge in [-0.25, -0.2) is 0 Å². The summed E-state index contributed by atoms with van der Waals surface area (Å²) in [5, 5.41) is 3.53. The van der Waals surface area contributed by atoms with Crippen molar-refractivity contribution >= 4 is 23.2 Å². The number of benzene rings is 2. The van der Waals surface area contributed by atoms with Gasteiger partial charge >= 0.3 is 0 Å². The first kappa shape index (κ1) is 17.5. The molecule has 0 aliphatic carbocycles. The van der Waals surface area contributed by atoms with Crippen molar-refractivity contribution in [2.75, 3.05) is 18.9 Å². The zero-order chi connectivity index (χ0) is 17.0. The van der Waals surface area contributed by atoms with Gasteiger partial charge in [0.1, 0.15) is 6.54 Å². The number of rotatable bonds is 5. The Morgan fingerprint density at radius 2 is 1.74 bits per heavy atom. The van der Waals surface area contributed by atoms with Crippen molar-refractivity contribution in [3.63, 3.8) is 0 Å². The Bertz CT molecular complexity index is 672. The lowest BCUT2D eigenvalue weighted by molar-refractivity contribution is -0.885. The molecule has 0 fully saturated rings. The molecule has 0 aliphatic heterocycles. The summed E-state index contributed by atoms with van der Waals surface area (Å²) in [7, 11) is 2.02. The smallest absolute Gasteiger partial charge is 0.279 e. The highest BCUT2D eigenvalue weighted by Gasteiger charge is 2.14. The van der Waals surface area contributed by atoms with E-state index in [4.69, 9.17) is 11.6 Å². The quantitative estimate of drug-likeness (QED) is 0.867. The normalized spacial score (nSPS) is 12.0. The van der Waals surface area contributed by atoms with E-state index in [-0.39, 0.29) is 5.91 Å². The average Bonchev–Trinajstić information content (AvgIpc) is 2.45. The number of likely N-dealkylation sites (N-methyl/N-ethyl adjacent to an activating group) is 1. The number of quaternary nitrogens is 1. The van der Waals surface area contributed by atoms with E-state index in [0.29, 0.717) is 17.3 Å². The molecule has 1 amide bonds. The summed E-state index contributed by atoms with van der Waals surface area (Å²) in [4.78, 5) is 13.4. The summed E-state index contributed by atoms with van der Waals surface area (Å²) >= 11 is 6.24. The van der Waals surface area contributed by atoms with Crippen LogP contribution < -0.4 is 10.2 Å². The molecule has 1 atom stereocenters. The highest BCUT2D eigenvalue weighted by molar-refractivity contribution is 6.34. The number of carbonyl (C=O) groups is 1. The molecule has 122 valence electrons. The van der Waals surface area contributed by atoms with Gasteiger partial charge in [-0.3, -0.25) is 4.79 Å². The summed E-state index contributed by atoms with van der Waals surface area (Å²) in [5.74, 6) is -0.0246. The van der Waals surface area contributed by atoms with Crippen LogP contribution in [0, 0.1) is 20.8 Å². The molecular weight excluding hydrogens is 308 g/mol. The van der Waals surface area contributed by atoms with Gasteiger partial charge < -0.3 is 10.2 Å². The first-order valence-electron chi connectivity index (χ1n) is 7.78. The Labute approximate surface area is 143 Å². The second-order valence-corrected chi connectivity index (χ2v) is 6.69. The van der Waals surface area contributed by atoms with Gasteiger partial charge in [0.2, 0.25) is 0 Å². The lowest BCUT2D eigenvalue weighted by Gasteiger charge is -2.16. The summed E-state index contributed by atoms with van der Waals surface area (Å²) in [6.07, 6.45) is 0. The lowest BCUT2D eigenvalue weighted by Crippen LogP contribution is -3.08. The van der Waals surface area contributed by atoms with Crippen LogP contribution in [-0.2, 0) is 11.3 Å². The van der Waals surface area contributed by atoms with Gasteiger partial charge in [0.05, 0.1) is 17.8 Å². The molecule has 2 aromatic carbocycles. The number of anilines is 1. The second kappa shape index (κ2) is 7.62. The summed E-state index contributed by atoms with van der Waals surface area (Å²) in [6, 6.07) is 12.3. The Kier molecular flexibility index (Phi) is 5.80. The number of carbonyl (C=O) groups excluding carboxylic acids is 1. The standard InChI is InChI=1S/C19H23ClN2O/c1-13-5-7-16(8-6-13)11-22(4)12-18(23)21-19-15(3)9-14(2)10-17(19)20/h5-10H,11-12H2,1-4H3,(H,21,23)/p+1. The molecule has 23 heavy (non-hydrogen) atoms. The van der Waals surface area contributed by atoms with E-state index >= 15 is 0 Å². The zero-order valence-corrected chi connectivity index (χ0v) is 14.9. The fourth-order valence-electron chi connectivity index (χ4n) is 2.65. The van der Waals surface area contributed by atoms with E-state index < -0.39 is 0 Å². The van der Waals surface area contributed by atoms with Crippen molar-refractivity contribution in [2.45, 2.75) is 27.3 Å². The van der Waals surface area contributed by atoms with Crippen LogP contribution in [0.5, 0.6) is 0 Å². The van der Waals surface area contributed by atoms with Gasteiger partial charge in [-0.15, -0.1) is 0 Å². The fourth-order valence-corrected chi connectivity index (χ4v) is 3.02. The van der Waals surface area contributed by atoms with Crippen molar-refractivity contribution in [1.29, 1.82) is 0 Å². The number of aryl methyl sites for hydroxylation is 3. The van der Waals surface area contributed by atoms with Crippen LogP contribution in [0.15, 0.2) is 36.4 Å². The monoisotopic (exact) mass is 331 g/mol. The van der Waals surface area contributed by atoms with Crippen LogP contribution in [0.4, 0.5) is 5.69 Å². The van der Waals surface area contributed by atoms with Crippen LogP contribution in [0.1, 0.15) is 22.3 Å². The Morgan fingerprint density at radius 3 is 2.35 bits per heavy atom. The van der Waals surface area contributed by atoms with Crippen LogP contribution in [0.3, 0.4) is 0 Å². The SMILES string of the molecule is Cc1ccc(C[NH+](C)CC(=O)Nc2c(C)cc(C)cc2Cl)cc1. The number of halogens is 1. The summed E-state index contributed by atoms with van der Waals surface area (Å²) < 4.78 is 0. The molecule has 1 unspecified atom stereocenters. The third-order valence-corrected chi connectivity index (χ3v) is 4.08. The molecule has 0 saturated carbocycles. The third-order valence-electron chi connectivity index (χ3n) is 3.78. The Morgan fingerprint density at radius 1 is 1.09 bits per heavy atom. The van der Waals surface area contributed by atoms with E-state index in [1.807, 2.05) is 33.0 Å². The van der Waals surface area contributed by atoms with E-state index in [1.54, 1.807) is 0 Å². The predicted molar refractivity (Wildman–Crippen MR) is 96.2 cm³/mol. The molecule has 0 aromatic heterocycles. The molecule has 0 spiro atoms. The minimum absolute atomic E-state index is 0.0246. The minimum atomic E-state index is -0.0246. The van der Waals surface area contributed by atoms with E-state index in [1.165, 1.54) is 11.1 Å². The first-order valence-corrected chi connectivity index (χ1v) is 8.16. The van der Waals surface area contributed by atoms with Crippen molar-refractivity contribution < 1.29 is 9.69 Å². The molecule has 3 nitrogen and oxygen atoms in total. The highest BCUT2D eigenvalue weighted by Crippen LogP contribution is 2.27. The van der Waals surface area contributed by atoms with E-state index in [2.05, 4.69) is 36.5 Å². The van der Waals surface area contributed by atoms with Crippen LogP contribution in [-0.4, -0.2) is 19.5 Å². The van der Waals surface area contributed by atoms with Gasteiger partial charge in [-0.2, -0.15) is 0 Å².